The van der Waals surface area contributed by atoms with Crippen LogP contribution in [0.5, 0.6) is 0 Å². The molecule has 2 aliphatic rings. The van der Waals surface area contributed by atoms with Gasteiger partial charge in [0.15, 0.2) is 0 Å². The van der Waals surface area contributed by atoms with Crippen LogP contribution in [0.15, 0.2) is 29.8 Å². The standard InChI is InChI=1S/C25H38N4O2/c1-19-8-7-9-20(2)24(19)27-23(30)18-28-14-16-29(17-15-28)21(3)25(31)26-13-12-22-10-5-4-6-11-22/h7-10,21H,4-6,11-18H2,1-3H3,(H,26,31)(H,27,30)/t21-/m0/s1. The Labute approximate surface area is 187 Å². The summed E-state index contributed by atoms with van der Waals surface area (Å²) in [5.41, 5.74) is 4.57. The van der Waals surface area contributed by atoms with Gasteiger partial charge in [0.1, 0.15) is 0 Å². The number of piperazine rings is 1. The van der Waals surface area contributed by atoms with Crippen LogP contribution in [0, 0.1) is 13.8 Å². The summed E-state index contributed by atoms with van der Waals surface area (Å²) in [6, 6.07) is 5.90. The van der Waals surface area contributed by atoms with Crippen molar-refractivity contribution < 1.29 is 9.59 Å². The smallest absolute Gasteiger partial charge is 0.238 e. The molecule has 0 spiro atoms. The second kappa shape index (κ2) is 11.4. The molecule has 1 heterocycles. The van der Waals surface area contributed by atoms with Crippen LogP contribution in [0.4, 0.5) is 5.69 Å². The highest BCUT2D eigenvalue weighted by molar-refractivity contribution is 5.93. The Morgan fingerprint density at radius 3 is 2.42 bits per heavy atom. The van der Waals surface area contributed by atoms with Crippen LogP contribution in [0.25, 0.3) is 0 Å². The van der Waals surface area contributed by atoms with Gasteiger partial charge >= 0.3 is 0 Å². The van der Waals surface area contributed by atoms with Gasteiger partial charge in [0, 0.05) is 38.4 Å². The molecule has 1 aliphatic carbocycles. The van der Waals surface area contributed by atoms with Crippen LogP contribution in [-0.2, 0) is 9.59 Å². The van der Waals surface area contributed by atoms with E-state index in [0.717, 1.165) is 56.0 Å². The number of anilines is 1. The van der Waals surface area contributed by atoms with Crippen LogP contribution in [-0.4, -0.2) is 66.9 Å². The van der Waals surface area contributed by atoms with Gasteiger partial charge in [0.25, 0.3) is 0 Å². The maximum Gasteiger partial charge on any atom is 0.238 e. The number of aryl methyl sites for hydroxylation is 2. The molecular weight excluding hydrogens is 388 g/mol. The molecule has 170 valence electrons. The van der Waals surface area contributed by atoms with E-state index in [1.54, 1.807) is 0 Å². The maximum atomic E-state index is 12.6. The highest BCUT2D eigenvalue weighted by Gasteiger charge is 2.26. The lowest BCUT2D eigenvalue weighted by Gasteiger charge is -2.37. The largest absolute Gasteiger partial charge is 0.354 e. The zero-order valence-electron chi connectivity index (χ0n) is 19.4. The van der Waals surface area contributed by atoms with Crippen LogP contribution in [0.1, 0.15) is 50.2 Å². The van der Waals surface area contributed by atoms with Gasteiger partial charge < -0.3 is 10.6 Å². The fourth-order valence-electron chi connectivity index (χ4n) is 4.49. The minimum Gasteiger partial charge on any atom is -0.354 e. The van der Waals surface area contributed by atoms with Crippen LogP contribution >= 0.6 is 0 Å². The number of amides is 2. The SMILES string of the molecule is Cc1cccc(C)c1NC(=O)CN1CCN([C@@H](C)C(=O)NCCC2=CCCCC2)CC1. The van der Waals surface area contributed by atoms with E-state index in [0.29, 0.717) is 6.54 Å². The summed E-state index contributed by atoms with van der Waals surface area (Å²) in [7, 11) is 0. The number of para-hydroxylation sites is 1. The third-order valence-electron chi connectivity index (χ3n) is 6.58. The number of carbonyl (C=O) groups is 2. The first-order valence-electron chi connectivity index (χ1n) is 11.7. The quantitative estimate of drug-likeness (QED) is 0.627. The minimum atomic E-state index is -0.133. The second-order valence-electron chi connectivity index (χ2n) is 8.95. The molecule has 1 fully saturated rings. The Bertz CT molecular complexity index is 776. The summed E-state index contributed by atoms with van der Waals surface area (Å²) < 4.78 is 0. The molecule has 1 aromatic carbocycles. The molecule has 0 aromatic heterocycles. The van der Waals surface area contributed by atoms with Crippen LogP contribution in [0.2, 0.25) is 0 Å². The van der Waals surface area contributed by atoms with Crippen molar-refractivity contribution in [3.05, 3.63) is 41.0 Å². The zero-order valence-corrected chi connectivity index (χ0v) is 19.4. The molecule has 6 heteroatoms. The summed E-state index contributed by atoms with van der Waals surface area (Å²) in [6.45, 7) is 10.3. The van der Waals surface area contributed by atoms with Crippen molar-refractivity contribution in [3.8, 4) is 0 Å². The molecule has 0 saturated carbocycles. The van der Waals surface area contributed by atoms with E-state index in [-0.39, 0.29) is 17.9 Å². The molecule has 0 bridgehead atoms. The summed E-state index contributed by atoms with van der Waals surface area (Å²) in [4.78, 5) is 29.5. The number of allylic oxidation sites excluding steroid dienone is 1. The molecule has 3 rings (SSSR count). The normalized spacial score (nSPS) is 18.9. The van der Waals surface area contributed by atoms with Crippen molar-refractivity contribution in [2.45, 2.75) is 58.9 Å². The monoisotopic (exact) mass is 426 g/mol. The van der Waals surface area contributed by atoms with Gasteiger partial charge in [-0.2, -0.15) is 0 Å². The topological polar surface area (TPSA) is 64.7 Å². The van der Waals surface area contributed by atoms with E-state index >= 15 is 0 Å². The average molecular weight is 427 g/mol. The molecule has 31 heavy (non-hydrogen) atoms. The molecule has 2 amide bonds. The summed E-state index contributed by atoms with van der Waals surface area (Å²) in [5, 5.41) is 6.17. The molecule has 2 N–H and O–H groups in total. The first-order valence-corrected chi connectivity index (χ1v) is 11.7. The number of nitrogens with zero attached hydrogens (tertiary/aromatic N) is 2. The number of rotatable bonds is 8. The van der Waals surface area contributed by atoms with Gasteiger partial charge in [-0.1, -0.05) is 29.8 Å². The van der Waals surface area contributed by atoms with Crippen LogP contribution < -0.4 is 10.6 Å². The van der Waals surface area contributed by atoms with Crippen molar-refractivity contribution in [1.29, 1.82) is 0 Å². The average Bonchev–Trinajstić information content (AvgIpc) is 2.77. The fourth-order valence-corrected chi connectivity index (χ4v) is 4.49. The van der Waals surface area contributed by atoms with Gasteiger partial charge in [0.2, 0.25) is 11.8 Å². The predicted molar refractivity (Wildman–Crippen MR) is 126 cm³/mol. The first kappa shape index (κ1) is 23.5. The van der Waals surface area contributed by atoms with Crippen LogP contribution in [0.3, 0.4) is 0 Å². The number of carbonyl (C=O) groups excluding carboxylic acids is 2. The highest BCUT2D eigenvalue weighted by atomic mass is 16.2. The van der Waals surface area contributed by atoms with Crippen molar-refractivity contribution in [1.82, 2.24) is 15.1 Å². The minimum absolute atomic E-state index is 0.0219. The number of hydrogen-bond acceptors (Lipinski definition) is 4. The van der Waals surface area contributed by atoms with Crippen molar-refractivity contribution in [3.63, 3.8) is 0 Å². The molecule has 1 atom stereocenters. The third kappa shape index (κ3) is 6.91. The van der Waals surface area contributed by atoms with E-state index in [1.165, 1.54) is 31.3 Å². The van der Waals surface area contributed by atoms with Crippen molar-refractivity contribution in [2.75, 3.05) is 44.6 Å². The Morgan fingerprint density at radius 2 is 1.77 bits per heavy atom. The maximum absolute atomic E-state index is 12.6. The van der Waals surface area contributed by atoms with Crippen molar-refractivity contribution >= 4 is 17.5 Å². The van der Waals surface area contributed by atoms with E-state index < -0.39 is 0 Å². The molecule has 1 aromatic rings. The number of benzene rings is 1. The summed E-state index contributed by atoms with van der Waals surface area (Å²) in [5.74, 6) is 0.131. The van der Waals surface area contributed by atoms with Gasteiger partial charge in [0.05, 0.1) is 12.6 Å². The van der Waals surface area contributed by atoms with Gasteiger partial charge in [-0.25, -0.2) is 0 Å². The van der Waals surface area contributed by atoms with E-state index in [1.807, 2.05) is 39.0 Å². The Kier molecular flexibility index (Phi) is 8.67. The molecular formula is C25H38N4O2. The molecule has 0 radical (unpaired) electrons. The van der Waals surface area contributed by atoms with Gasteiger partial charge in [-0.15, -0.1) is 0 Å². The van der Waals surface area contributed by atoms with E-state index in [4.69, 9.17) is 0 Å². The highest BCUT2D eigenvalue weighted by Crippen LogP contribution is 2.20. The lowest BCUT2D eigenvalue weighted by molar-refractivity contribution is -0.127. The van der Waals surface area contributed by atoms with Gasteiger partial charge in [-0.05, 0) is 64.0 Å². The Morgan fingerprint density at radius 1 is 1.06 bits per heavy atom. The van der Waals surface area contributed by atoms with Crippen molar-refractivity contribution in [2.24, 2.45) is 0 Å². The second-order valence-corrected chi connectivity index (χ2v) is 8.95. The Balaban J connectivity index is 1.37. The van der Waals surface area contributed by atoms with E-state index in [9.17, 15) is 9.59 Å². The molecule has 0 unspecified atom stereocenters. The number of hydrogen-bond donors (Lipinski definition) is 2. The zero-order chi connectivity index (χ0) is 22.2. The summed E-state index contributed by atoms with van der Waals surface area (Å²) in [6.07, 6.45) is 8.27. The molecule has 1 aliphatic heterocycles. The third-order valence-corrected chi connectivity index (χ3v) is 6.58. The fraction of sp³-hybridized carbons (Fsp3) is 0.600. The predicted octanol–water partition coefficient (Wildman–Crippen LogP) is 3.25. The number of nitrogens with one attached hydrogen (secondary N) is 2. The lowest BCUT2D eigenvalue weighted by Crippen LogP contribution is -2.54. The molecule has 1 saturated heterocycles. The molecule has 6 nitrogen and oxygen atoms in total. The van der Waals surface area contributed by atoms with E-state index in [2.05, 4.69) is 26.5 Å². The Hall–Kier alpha value is -2.18. The summed E-state index contributed by atoms with van der Waals surface area (Å²) >= 11 is 0. The first-order chi connectivity index (χ1) is 14.9. The van der Waals surface area contributed by atoms with Gasteiger partial charge in [-0.3, -0.25) is 19.4 Å². The lowest BCUT2D eigenvalue weighted by atomic mass is 9.97.